The number of aliphatic hydroxyl groups excluding tert-OH is 1. The summed E-state index contributed by atoms with van der Waals surface area (Å²) in [5.74, 6) is 0.623. The fourth-order valence-corrected chi connectivity index (χ4v) is 1.94. The number of rotatable bonds is 8. The highest BCUT2D eigenvalue weighted by atomic mass is 79.9. The zero-order valence-electron chi connectivity index (χ0n) is 10.8. The molecule has 20 heavy (non-hydrogen) atoms. The van der Waals surface area contributed by atoms with Gasteiger partial charge in [0.05, 0.1) is 13.2 Å². The predicted molar refractivity (Wildman–Crippen MR) is 71.9 cm³/mol. The van der Waals surface area contributed by atoms with E-state index < -0.39 is 12.8 Å². The van der Waals surface area contributed by atoms with E-state index in [1.165, 1.54) is 0 Å². The lowest BCUT2D eigenvalue weighted by Gasteiger charge is -2.12. The Morgan fingerprint density at radius 3 is 2.60 bits per heavy atom. The van der Waals surface area contributed by atoms with Gasteiger partial charge in [0.15, 0.2) is 0 Å². The van der Waals surface area contributed by atoms with Crippen LogP contribution in [0.2, 0.25) is 0 Å². The lowest BCUT2D eigenvalue weighted by atomic mass is 10.1. The molecule has 0 aromatic heterocycles. The molecule has 114 valence electrons. The van der Waals surface area contributed by atoms with E-state index in [4.69, 9.17) is 9.84 Å². The second-order valence-electron chi connectivity index (χ2n) is 4.10. The van der Waals surface area contributed by atoms with Gasteiger partial charge in [0.1, 0.15) is 12.4 Å². The van der Waals surface area contributed by atoms with Gasteiger partial charge in [0.2, 0.25) is 0 Å². The summed E-state index contributed by atoms with van der Waals surface area (Å²) >= 11 is 3.32. The van der Waals surface area contributed by atoms with Crippen LogP contribution in [0.25, 0.3) is 0 Å². The molecule has 0 spiro atoms. The summed E-state index contributed by atoms with van der Waals surface area (Å²) in [6.07, 6.45) is -3.47. The van der Waals surface area contributed by atoms with E-state index in [1.807, 2.05) is 6.07 Å². The Hall–Kier alpha value is -0.790. The van der Waals surface area contributed by atoms with Crippen molar-refractivity contribution in [3.05, 3.63) is 28.2 Å². The minimum Gasteiger partial charge on any atom is -0.493 e. The van der Waals surface area contributed by atoms with E-state index in [2.05, 4.69) is 20.7 Å². The van der Waals surface area contributed by atoms with E-state index in [0.717, 1.165) is 10.0 Å². The average Bonchev–Trinajstić information content (AvgIpc) is 2.35. The summed E-state index contributed by atoms with van der Waals surface area (Å²) in [5.41, 5.74) is 0.845. The predicted octanol–water partition coefficient (Wildman–Crippen LogP) is 3.33. The quantitative estimate of drug-likeness (QED) is 0.726. The Morgan fingerprint density at radius 1 is 1.20 bits per heavy atom. The van der Waals surface area contributed by atoms with Crippen molar-refractivity contribution in [1.29, 1.82) is 0 Å². The number of halogens is 4. The highest BCUT2D eigenvalue weighted by Crippen LogP contribution is 2.23. The lowest BCUT2D eigenvalue weighted by Crippen LogP contribution is -2.18. The summed E-state index contributed by atoms with van der Waals surface area (Å²) < 4.78 is 46.3. The molecule has 0 aliphatic rings. The Morgan fingerprint density at radius 2 is 1.95 bits per heavy atom. The molecular weight excluding hydrogens is 341 g/mol. The van der Waals surface area contributed by atoms with Crippen LogP contribution in [-0.4, -0.2) is 37.7 Å². The molecule has 7 heteroatoms. The molecule has 0 bridgehead atoms. The Labute approximate surface area is 123 Å². The van der Waals surface area contributed by atoms with Gasteiger partial charge in [0.25, 0.3) is 0 Å². The summed E-state index contributed by atoms with van der Waals surface area (Å²) in [6.45, 7) is -0.980. The molecule has 0 heterocycles. The molecule has 0 aliphatic heterocycles. The molecule has 0 saturated carbocycles. The molecule has 1 N–H and O–H groups in total. The van der Waals surface area contributed by atoms with Gasteiger partial charge in [-0.05, 0) is 30.2 Å². The monoisotopic (exact) mass is 356 g/mol. The Bertz CT molecular complexity index is 410. The Kier molecular flexibility index (Phi) is 7.32. The molecule has 1 aromatic rings. The van der Waals surface area contributed by atoms with Crippen molar-refractivity contribution >= 4 is 15.9 Å². The number of alkyl halides is 3. The summed E-state index contributed by atoms with van der Waals surface area (Å²) in [4.78, 5) is 0. The third kappa shape index (κ3) is 7.12. The first-order chi connectivity index (χ1) is 9.42. The number of aliphatic hydroxyl groups is 1. The largest absolute Gasteiger partial charge is 0.493 e. The van der Waals surface area contributed by atoms with Crippen molar-refractivity contribution < 1.29 is 27.8 Å². The van der Waals surface area contributed by atoms with Crippen LogP contribution in [0.3, 0.4) is 0 Å². The smallest absolute Gasteiger partial charge is 0.411 e. The second kappa shape index (κ2) is 8.49. The van der Waals surface area contributed by atoms with Crippen LogP contribution in [0.5, 0.6) is 5.75 Å². The van der Waals surface area contributed by atoms with E-state index in [0.29, 0.717) is 18.6 Å². The van der Waals surface area contributed by atoms with Crippen molar-refractivity contribution in [2.24, 2.45) is 0 Å². The molecule has 0 atom stereocenters. The molecule has 1 aromatic carbocycles. The zero-order chi connectivity index (χ0) is 15.0. The Balaban J connectivity index is 2.31. The van der Waals surface area contributed by atoms with Gasteiger partial charge in [-0.15, -0.1) is 0 Å². The van der Waals surface area contributed by atoms with Crippen LogP contribution in [0.4, 0.5) is 13.2 Å². The van der Waals surface area contributed by atoms with Gasteiger partial charge in [-0.1, -0.05) is 15.9 Å². The third-order valence-electron chi connectivity index (χ3n) is 2.36. The van der Waals surface area contributed by atoms with Gasteiger partial charge < -0.3 is 14.6 Å². The second-order valence-corrected chi connectivity index (χ2v) is 5.01. The third-order valence-corrected chi connectivity index (χ3v) is 2.85. The van der Waals surface area contributed by atoms with Crippen molar-refractivity contribution in [2.75, 3.05) is 26.4 Å². The van der Waals surface area contributed by atoms with E-state index in [9.17, 15) is 13.2 Å². The molecule has 0 radical (unpaired) electrons. The zero-order valence-corrected chi connectivity index (χ0v) is 12.3. The molecule has 0 aliphatic carbocycles. The van der Waals surface area contributed by atoms with Crippen molar-refractivity contribution in [3.63, 3.8) is 0 Å². The molecule has 0 fully saturated rings. The van der Waals surface area contributed by atoms with E-state index in [1.54, 1.807) is 12.1 Å². The molecule has 3 nitrogen and oxygen atoms in total. The number of ether oxygens (including phenoxy) is 2. The first kappa shape index (κ1) is 17.3. The van der Waals surface area contributed by atoms with Crippen LogP contribution >= 0.6 is 15.9 Å². The van der Waals surface area contributed by atoms with Crippen LogP contribution in [0.1, 0.15) is 12.0 Å². The minimum atomic E-state index is -4.29. The first-order valence-electron chi connectivity index (χ1n) is 6.09. The molecule has 0 saturated heterocycles. The molecule has 0 unspecified atom stereocenters. The maximum absolute atomic E-state index is 11.8. The van der Waals surface area contributed by atoms with Gasteiger partial charge in [-0.3, -0.25) is 0 Å². The molecular formula is C13H16BrF3O3. The number of benzene rings is 1. The van der Waals surface area contributed by atoms with Crippen LogP contribution in [0.15, 0.2) is 22.7 Å². The van der Waals surface area contributed by atoms with E-state index in [-0.39, 0.29) is 19.8 Å². The van der Waals surface area contributed by atoms with Crippen LogP contribution < -0.4 is 4.74 Å². The number of hydrogen-bond donors (Lipinski definition) is 1. The summed E-state index contributed by atoms with van der Waals surface area (Å²) in [7, 11) is 0. The topological polar surface area (TPSA) is 38.7 Å². The maximum Gasteiger partial charge on any atom is 0.411 e. The highest BCUT2D eigenvalue weighted by Gasteiger charge is 2.27. The molecule has 1 rings (SSSR count). The maximum atomic E-state index is 11.8. The summed E-state index contributed by atoms with van der Waals surface area (Å²) in [5, 5.41) is 8.96. The highest BCUT2D eigenvalue weighted by molar-refractivity contribution is 9.10. The van der Waals surface area contributed by atoms with Crippen LogP contribution in [0, 0.1) is 0 Å². The van der Waals surface area contributed by atoms with Gasteiger partial charge >= 0.3 is 6.18 Å². The van der Waals surface area contributed by atoms with Gasteiger partial charge in [0, 0.05) is 17.5 Å². The first-order valence-corrected chi connectivity index (χ1v) is 6.88. The summed E-state index contributed by atoms with van der Waals surface area (Å²) in [6, 6.07) is 5.40. The van der Waals surface area contributed by atoms with Crippen molar-refractivity contribution in [2.45, 2.75) is 19.0 Å². The standard InChI is InChI=1S/C13H16BrF3O3/c14-11-2-3-12(10(8-11)4-5-18)20-7-1-6-19-9-13(15,16)17/h2-3,8,18H,1,4-7,9H2. The van der Waals surface area contributed by atoms with Gasteiger partial charge in [-0.2, -0.15) is 13.2 Å². The van der Waals surface area contributed by atoms with E-state index >= 15 is 0 Å². The molecule has 0 amide bonds. The lowest BCUT2D eigenvalue weighted by molar-refractivity contribution is -0.174. The number of hydrogen-bond acceptors (Lipinski definition) is 3. The average molecular weight is 357 g/mol. The normalized spacial score (nSPS) is 11.7. The minimum absolute atomic E-state index is 0.00150. The SMILES string of the molecule is OCCc1cc(Br)ccc1OCCCOCC(F)(F)F. The fourth-order valence-electron chi connectivity index (χ4n) is 1.54. The fraction of sp³-hybridized carbons (Fsp3) is 0.538. The van der Waals surface area contributed by atoms with Crippen molar-refractivity contribution in [3.8, 4) is 5.75 Å². The van der Waals surface area contributed by atoms with Crippen LogP contribution in [-0.2, 0) is 11.2 Å². The van der Waals surface area contributed by atoms with Crippen molar-refractivity contribution in [1.82, 2.24) is 0 Å². The van der Waals surface area contributed by atoms with Gasteiger partial charge in [-0.25, -0.2) is 0 Å².